The highest BCUT2D eigenvalue weighted by Crippen LogP contribution is 2.33. The lowest BCUT2D eigenvalue weighted by molar-refractivity contribution is -0.146. The van der Waals surface area contributed by atoms with E-state index in [0.717, 1.165) is 33.5 Å². The summed E-state index contributed by atoms with van der Waals surface area (Å²) in [5.74, 6) is -1.71. The maximum absolute atomic E-state index is 13.5. The van der Waals surface area contributed by atoms with Gasteiger partial charge in [0.25, 0.3) is 16.3 Å². The van der Waals surface area contributed by atoms with Gasteiger partial charge in [0, 0.05) is 42.9 Å². The van der Waals surface area contributed by atoms with Crippen LogP contribution in [0.5, 0.6) is 0 Å². The number of esters is 1. The highest BCUT2D eigenvalue weighted by molar-refractivity contribution is 7.90. The van der Waals surface area contributed by atoms with Crippen molar-refractivity contribution >= 4 is 28.1 Å². The SMILES string of the molecule is CCOC(=O)OC(C)On1on1N1CC(COC(=O)CCC(=O)NS(=O)(=O)c2ccc(-n3nc(C(F)(F)F)cc3-c3ccc(C)cc3)cc2)C1. The van der Waals surface area contributed by atoms with Gasteiger partial charge in [0.1, 0.15) is 5.02 Å². The van der Waals surface area contributed by atoms with Gasteiger partial charge in [-0.1, -0.05) is 29.8 Å². The lowest BCUT2D eigenvalue weighted by atomic mass is 10.0. The predicted molar refractivity (Wildman–Crippen MR) is 165 cm³/mol. The molecule has 2 aromatic heterocycles. The van der Waals surface area contributed by atoms with Crippen molar-refractivity contribution in [3.05, 3.63) is 65.9 Å². The van der Waals surface area contributed by atoms with Gasteiger partial charge in [0.05, 0.1) is 35.9 Å². The molecule has 1 aliphatic rings. The van der Waals surface area contributed by atoms with Crippen LogP contribution < -0.4 is 14.6 Å². The summed E-state index contributed by atoms with van der Waals surface area (Å²) < 4.78 is 88.9. The van der Waals surface area contributed by atoms with E-state index >= 15 is 0 Å². The molecule has 270 valence electrons. The predicted octanol–water partition coefficient (Wildman–Crippen LogP) is 3.41. The normalized spacial score (nSPS) is 14.2. The number of ether oxygens (including phenoxy) is 3. The molecule has 3 heterocycles. The Morgan fingerprint density at radius 3 is 2.36 bits per heavy atom. The van der Waals surface area contributed by atoms with Gasteiger partial charge in [0.15, 0.2) is 5.69 Å². The van der Waals surface area contributed by atoms with Crippen LogP contribution in [-0.2, 0) is 40.0 Å². The number of nitrogens with one attached hydrogen (secondary N) is 1. The average Bonchev–Trinajstić information content (AvgIpc) is 3.60. The number of nitrogens with zero attached hydrogens (tertiary/aromatic N) is 5. The van der Waals surface area contributed by atoms with E-state index in [2.05, 4.69) is 9.84 Å². The summed E-state index contributed by atoms with van der Waals surface area (Å²) in [6.07, 6.45) is -7.43. The number of carbonyl (C=O) groups excluding carboxylic acids is 3. The Hall–Kier alpha value is -5.40. The van der Waals surface area contributed by atoms with Gasteiger partial charge in [-0.25, -0.2) is 22.6 Å². The zero-order valence-electron chi connectivity index (χ0n) is 27.0. The molecule has 1 saturated heterocycles. The zero-order chi connectivity index (χ0) is 36.2. The number of alkyl halides is 3. The molecule has 20 heteroatoms. The summed E-state index contributed by atoms with van der Waals surface area (Å²) >= 11 is 0. The molecule has 16 nitrogen and oxygen atoms in total. The summed E-state index contributed by atoms with van der Waals surface area (Å²) in [7, 11) is -4.37. The summed E-state index contributed by atoms with van der Waals surface area (Å²) in [6, 6.07) is 12.5. The van der Waals surface area contributed by atoms with Crippen molar-refractivity contribution in [1.29, 1.82) is 0 Å². The Morgan fingerprint density at radius 1 is 1.04 bits per heavy atom. The second-order valence-corrected chi connectivity index (χ2v) is 12.9. The summed E-state index contributed by atoms with van der Waals surface area (Å²) in [6.45, 7) is 6.01. The number of hydrogen-bond donors (Lipinski definition) is 1. The van der Waals surface area contributed by atoms with Crippen molar-refractivity contribution in [1.82, 2.24) is 24.5 Å². The maximum Gasteiger partial charge on any atom is 0.511 e. The number of hydrogen-bond acceptors (Lipinski definition) is 12. The van der Waals surface area contributed by atoms with Crippen LogP contribution in [0.2, 0.25) is 0 Å². The molecule has 1 unspecified atom stereocenters. The van der Waals surface area contributed by atoms with Gasteiger partial charge in [-0.3, -0.25) is 14.6 Å². The molecule has 0 aliphatic carbocycles. The Bertz CT molecular complexity index is 1910. The van der Waals surface area contributed by atoms with Crippen LogP contribution in [0.15, 0.2) is 64.1 Å². The minimum atomic E-state index is -4.71. The molecule has 2 aromatic carbocycles. The molecule has 50 heavy (non-hydrogen) atoms. The second-order valence-electron chi connectivity index (χ2n) is 11.2. The van der Waals surface area contributed by atoms with Crippen LogP contribution in [-0.4, -0.2) is 78.8 Å². The molecule has 5 rings (SSSR count). The zero-order valence-corrected chi connectivity index (χ0v) is 27.8. The van der Waals surface area contributed by atoms with Crippen LogP contribution in [0.25, 0.3) is 16.9 Å². The van der Waals surface area contributed by atoms with Crippen molar-refractivity contribution < 1.29 is 59.6 Å². The first-order chi connectivity index (χ1) is 23.6. The Kier molecular flexibility index (Phi) is 10.5. The number of benzene rings is 2. The van der Waals surface area contributed by atoms with E-state index < -0.39 is 52.6 Å². The van der Waals surface area contributed by atoms with E-state index in [4.69, 9.17) is 18.9 Å². The van der Waals surface area contributed by atoms with Crippen LogP contribution >= 0.6 is 0 Å². The molecule has 1 aliphatic heterocycles. The minimum Gasteiger partial charge on any atom is -0.465 e. The third-order valence-corrected chi connectivity index (χ3v) is 8.61. The summed E-state index contributed by atoms with van der Waals surface area (Å²) in [5.41, 5.74) is 0.549. The fourth-order valence-electron chi connectivity index (χ4n) is 4.66. The molecule has 0 bridgehead atoms. The third-order valence-electron chi connectivity index (χ3n) is 7.22. The van der Waals surface area contributed by atoms with E-state index in [1.54, 1.807) is 36.2 Å². The first-order valence-corrected chi connectivity index (χ1v) is 16.7. The highest BCUT2D eigenvalue weighted by atomic mass is 32.2. The van der Waals surface area contributed by atoms with Gasteiger partial charge in [-0.05, 0) is 44.2 Å². The van der Waals surface area contributed by atoms with Gasteiger partial charge < -0.3 is 19.0 Å². The number of rotatable bonds is 14. The molecular formula is C30H33F3N6O10S. The van der Waals surface area contributed by atoms with Crippen molar-refractivity contribution in [2.75, 3.05) is 31.3 Å². The van der Waals surface area contributed by atoms with Crippen LogP contribution in [0, 0.1) is 12.8 Å². The number of halogens is 3. The van der Waals surface area contributed by atoms with Crippen LogP contribution in [0.1, 0.15) is 37.9 Å². The number of carbonyl (C=O) groups is 3. The first-order valence-electron chi connectivity index (χ1n) is 15.2. The first kappa shape index (κ1) is 35.9. The van der Waals surface area contributed by atoms with E-state index in [0.29, 0.717) is 18.7 Å². The monoisotopic (exact) mass is 726 g/mol. The van der Waals surface area contributed by atoms with E-state index in [9.17, 15) is 36.0 Å². The number of aromatic nitrogens is 4. The van der Waals surface area contributed by atoms with Crippen molar-refractivity contribution in [3.8, 4) is 16.9 Å². The molecule has 1 fully saturated rings. The molecule has 0 radical (unpaired) electrons. The molecule has 0 saturated carbocycles. The average molecular weight is 727 g/mol. The smallest absolute Gasteiger partial charge is 0.465 e. The van der Waals surface area contributed by atoms with Crippen molar-refractivity contribution in [3.63, 3.8) is 0 Å². The molecule has 1 atom stereocenters. The van der Waals surface area contributed by atoms with Crippen LogP contribution in [0.4, 0.5) is 18.0 Å². The van der Waals surface area contributed by atoms with Crippen molar-refractivity contribution in [2.45, 2.75) is 51.0 Å². The van der Waals surface area contributed by atoms with Crippen LogP contribution in [0.3, 0.4) is 0 Å². The number of amides is 1. The molecule has 1 amide bonds. The van der Waals surface area contributed by atoms with Gasteiger partial charge in [0.2, 0.25) is 5.91 Å². The molecule has 0 spiro atoms. The highest BCUT2D eigenvalue weighted by Gasteiger charge is 2.36. The largest absolute Gasteiger partial charge is 0.511 e. The van der Waals surface area contributed by atoms with Gasteiger partial charge in [-0.15, -0.1) is 0 Å². The topological polar surface area (TPSA) is 178 Å². The maximum atomic E-state index is 13.5. The standard InChI is InChI=1S/C30H33F3N6O10S/c1-4-45-29(42)47-20(3)48-39-38(49-39)36-16-21(17-36)18-46-28(41)14-13-27(40)35-50(43,44)24-11-9-23(10-12-24)37-25(15-26(34-37)30(31,32)33)22-7-5-19(2)6-8-22/h5-12,15,20-21H,4,13-14,16-18H2,1-3H3,(H,35,40). The van der Waals surface area contributed by atoms with E-state index in [1.807, 2.05) is 11.6 Å². The third kappa shape index (κ3) is 8.98. The summed E-state index contributed by atoms with van der Waals surface area (Å²) in [4.78, 5) is 42.0. The Balaban J connectivity index is 1.07. The minimum absolute atomic E-state index is 0.0466. The number of sulfonamides is 1. The van der Waals surface area contributed by atoms with Gasteiger partial charge in [-0.2, -0.15) is 22.9 Å². The Labute approximate surface area is 283 Å². The lowest BCUT2D eigenvalue weighted by Crippen LogP contribution is -2.54. The second kappa shape index (κ2) is 14.6. The molecule has 4 aromatic rings. The molecular weight excluding hydrogens is 693 g/mol. The van der Waals surface area contributed by atoms with Crippen molar-refractivity contribution in [2.24, 2.45) is 5.92 Å². The Morgan fingerprint density at radius 2 is 1.72 bits per heavy atom. The molecule has 1 N–H and O–H groups in total. The number of aryl methyl sites for hydroxylation is 1. The van der Waals surface area contributed by atoms with E-state index in [-0.39, 0.29) is 41.8 Å². The van der Waals surface area contributed by atoms with E-state index in [1.165, 1.54) is 24.0 Å². The summed E-state index contributed by atoms with van der Waals surface area (Å²) in [5, 5.41) is 6.39. The lowest BCUT2D eigenvalue weighted by Gasteiger charge is -2.35. The quantitative estimate of drug-likeness (QED) is 0.148. The fourth-order valence-corrected chi connectivity index (χ4v) is 5.67. The fraction of sp³-hybridized carbons (Fsp3) is 0.400. The van der Waals surface area contributed by atoms with Gasteiger partial charge >= 0.3 is 18.3 Å².